The number of pyridine rings is 1. The van der Waals surface area contributed by atoms with Crippen LogP contribution < -0.4 is 10.6 Å². The number of carbonyl (C=O) groups excluding carboxylic acids is 2. The van der Waals surface area contributed by atoms with Gasteiger partial charge in [0, 0.05) is 29.8 Å². The minimum Gasteiger partial charge on any atom is -0.353 e. The number of carbonyl (C=O) groups is 2. The summed E-state index contributed by atoms with van der Waals surface area (Å²) in [6.45, 7) is 0. The van der Waals surface area contributed by atoms with Crippen LogP contribution in [0.3, 0.4) is 0 Å². The summed E-state index contributed by atoms with van der Waals surface area (Å²) >= 11 is 0. The van der Waals surface area contributed by atoms with Crippen molar-refractivity contribution in [3.8, 4) is 11.3 Å². The molecule has 0 aliphatic heterocycles. The summed E-state index contributed by atoms with van der Waals surface area (Å²) in [5, 5.41) is 6.26. The number of benzene rings is 1. The van der Waals surface area contributed by atoms with Crippen molar-refractivity contribution in [1.82, 2.24) is 15.6 Å². The third-order valence-corrected chi connectivity index (χ3v) is 6.28. The van der Waals surface area contributed by atoms with Crippen molar-refractivity contribution in [1.29, 1.82) is 0 Å². The van der Waals surface area contributed by atoms with Crippen LogP contribution in [0.5, 0.6) is 0 Å². The van der Waals surface area contributed by atoms with Gasteiger partial charge in [0.2, 0.25) is 5.91 Å². The van der Waals surface area contributed by atoms with Gasteiger partial charge in [-0.1, -0.05) is 25.0 Å². The average molecular weight is 410 g/mol. The fraction of sp³-hybridized carbons (Fsp3) is 0.458. The molecule has 0 radical (unpaired) electrons. The SMILES string of the molecule is O=C(N[C@H]1CC[C@@H](C(=O)NC2CCCC2)CC1)c1ccc(-c2cccc(F)c2)nc1. The van der Waals surface area contributed by atoms with Crippen molar-refractivity contribution < 1.29 is 14.0 Å². The zero-order valence-corrected chi connectivity index (χ0v) is 17.1. The van der Waals surface area contributed by atoms with Crippen molar-refractivity contribution in [2.24, 2.45) is 5.92 Å². The van der Waals surface area contributed by atoms with Gasteiger partial charge in [0.15, 0.2) is 0 Å². The molecule has 2 amide bonds. The molecule has 0 saturated heterocycles. The Morgan fingerprint density at radius 3 is 2.30 bits per heavy atom. The van der Waals surface area contributed by atoms with Gasteiger partial charge in [0.05, 0.1) is 11.3 Å². The Morgan fingerprint density at radius 1 is 0.900 bits per heavy atom. The molecule has 2 aliphatic carbocycles. The molecule has 5 nitrogen and oxygen atoms in total. The van der Waals surface area contributed by atoms with E-state index in [4.69, 9.17) is 0 Å². The summed E-state index contributed by atoms with van der Waals surface area (Å²) in [7, 11) is 0. The van der Waals surface area contributed by atoms with E-state index >= 15 is 0 Å². The lowest BCUT2D eigenvalue weighted by atomic mass is 9.85. The first-order valence-electron chi connectivity index (χ1n) is 10.9. The van der Waals surface area contributed by atoms with E-state index in [9.17, 15) is 14.0 Å². The van der Waals surface area contributed by atoms with E-state index in [0.29, 0.717) is 22.9 Å². The van der Waals surface area contributed by atoms with E-state index in [1.165, 1.54) is 31.2 Å². The molecule has 0 atom stereocenters. The van der Waals surface area contributed by atoms with Gasteiger partial charge in [-0.2, -0.15) is 0 Å². The lowest BCUT2D eigenvalue weighted by Crippen LogP contribution is -2.42. The van der Waals surface area contributed by atoms with Gasteiger partial charge < -0.3 is 10.6 Å². The van der Waals surface area contributed by atoms with Gasteiger partial charge in [-0.05, 0) is 62.8 Å². The lowest BCUT2D eigenvalue weighted by Gasteiger charge is -2.29. The van der Waals surface area contributed by atoms with Gasteiger partial charge in [-0.3, -0.25) is 14.6 Å². The van der Waals surface area contributed by atoms with Gasteiger partial charge in [0.1, 0.15) is 5.82 Å². The standard InChI is InChI=1S/C24H28FN3O2/c25-19-5-3-4-17(14-19)22-13-10-18(15-26-22)24(30)28-21-11-8-16(9-12-21)23(29)27-20-6-1-2-7-20/h3-5,10,13-16,20-21H,1-2,6-9,11-12H2,(H,27,29)(H,28,30)/t16-,21+. The highest BCUT2D eigenvalue weighted by Gasteiger charge is 2.29. The van der Waals surface area contributed by atoms with Crippen molar-refractivity contribution in [3.05, 3.63) is 54.0 Å². The fourth-order valence-corrected chi connectivity index (χ4v) is 4.50. The summed E-state index contributed by atoms with van der Waals surface area (Å²) in [5.74, 6) is -0.231. The Morgan fingerprint density at radius 2 is 1.63 bits per heavy atom. The van der Waals surface area contributed by atoms with Gasteiger partial charge in [-0.15, -0.1) is 0 Å². The number of nitrogens with zero attached hydrogens (tertiary/aromatic N) is 1. The average Bonchev–Trinajstić information content (AvgIpc) is 3.27. The van der Waals surface area contributed by atoms with Crippen molar-refractivity contribution in [3.63, 3.8) is 0 Å². The van der Waals surface area contributed by atoms with E-state index < -0.39 is 0 Å². The number of hydrogen-bond donors (Lipinski definition) is 2. The smallest absolute Gasteiger partial charge is 0.253 e. The Labute approximate surface area is 176 Å². The summed E-state index contributed by atoms with van der Waals surface area (Å²) < 4.78 is 13.4. The normalized spacial score (nSPS) is 21.9. The summed E-state index contributed by atoms with van der Waals surface area (Å²) in [6.07, 6.45) is 9.37. The quantitative estimate of drug-likeness (QED) is 0.776. The fourth-order valence-electron chi connectivity index (χ4n) is 4.50. The molecule has 2 fully saturated rings. The maximum absolute atomic E-state index is 13.4. The lowest BCUT2D eigenvalue weighted by molar-refractivity contribution is -0.126. The van der Waals surface area contributed by atoms with Crippen LogP contribution in [-0.4, -0.2) is 28.9 Å². The van der Waals surface area contributed by atoms with Crippen LogP contribution >= 0.6 is 0 Å². The molecule has 0 unspecified atom stereocenters. The summed E-state index contributed by atoms with van der Waals surface area (Å²) in [4.78, 5) is 29.3. The molecule has 2 saturated carbocycles. The number of nitrogens with one attached hydrogen (secondary N) is 2. The molecule has 6 heteroatoms. The summed E-state index contributed by atoms with van der Waals surface area (Å²) in [6, 6.07) is 10.1. The number of rotatable bonds is 5. The Hall–Kier alpha value is -2.76. The highest BCUT2D eigenvalue weighted by molar-refractivity contribution is 5.94. The zero-order chi connectivity index (χ0) is 20.9. The van der Waals surface area contributed by atoms with E-state index in [-0.39, 0.29) is 29.6 Å². The molecular weight excluding hydrogens is 381 g/mol. The van der Waals surface area contributed by atoms with Crippen molar-refractivity contribution in [2.75, 3.05) is 0 Å². The maximum atomic E-state index is 13.4. The van der Waals surface area contributed by atoms with Crippen molar-refractivity contribution >= 4 is 11.8 Å². The van der Waals surface area contributed by atoms with Crippen LogP contribution in [0.15, 0.2) is 42.6 Å². The molecule has 2 aromatic rings. The molecule has 4 rings (SSSR count). The Kier molecular flexibility index (Phi) is 6.41. The van der Waals surface area contributed by atoms with E-state index in [1.54, 1.807) is 24.3 Å². The molecule has 1 aromatic heterocycles. The third kappa shape index (κ3) is 5.04. The number of amides is 2. The first kappa shape index (κ1) is 20.5. The summed E-state index contributed by atoms with van der Waals surface area (Å²) in [5.41, 5.74) is 1.78. The first-order valence-corrected chi connectivity index (χ1v) is 10.9. The molecule has 1 heterocycles. The first-order chi connectivity index (χ1) is 14.6. The minimum atomic E-state index is -0.316. The molecule has 2 N–H and O–H groups in total. The highest BCUT2D eigenvalue weighted by Crippen LogP contribution is 2.26. The second kappa shape index (κ2) is 9.37. The van der Waals surface area contributed by atoms with Crippen LogP contribution in [0.1, 0.15) is 61.7 Å². The van der Waals surface area contributed by atoms with Crippen LogP contribution in [0.4, 0.5) is 4.39 Å². The number of hydrogen-bond acceptors (Lipinski definition) is 3. The molecule has 158 valence electrons. The van der Waals surface area contributed by atoms with Gasteiger partial charge in [0.25, 0.3) is 5.91 Å². The van der Waals surface area contributed by atoms with E-state index in [2.05, 4.69) is 15.6 Å². The topological polar surface area (TPSA) is 71.1 Å². The third-order valence-electron chi connectivity index (χ3n) is 6.28. The molecule has 0 bridgehead atoms. The van der Waals surface area contributed by atoms with Crippen LogP contribution in [-0.2, 0) is 4.79 Å². The van der Waals surface area contributed by atoms with Crippen LogP contribution in [0.25, 0.3) is 11.3 Å². The van der Waals surface area contributed by atoms with Crippen LogP contribution in [0, 0.1) is 11.7 Å². The van der Waals surface area contributed by atoms with E-state index in [0.717, 1.165) is 38.5 Å². The maximum Gasteiger partial charge on any atom is 0.253 e. The predicted molar refractivity (Wildman–Crippen MR) is 113 cm³/mol. The van der Waals surface area contributed by atoms with Gasteiger partial charge in [-0.25, -0.2) is 4.39 Å². The van der Waals surface area contributed by atoms with Gasteiger partial charge >= 0.3 is 0 Å². The monoisotopic (exact) mass is 409 g/mol. The van der Waals surface area contributed by atoms with Crippen molar-refractivity contribution in [2.45, 2.75) is 63.5 Å². The molecule has 30 heavy (non-hydrogen) atoms. The Balaban J connectivity index is 1.27. The van der Waals surface area contributed by atoms with Crippen LogP contribution in [0.2, 0.25) is 0 Å². The second-order valence-electron chi connectivity index (χ2n) is 8.45. The number of aromatic nitrogens is 1. The Bertz CT molecular complexity index is 886. The highest BCUT2D eigenvalue weighted by atomic mass is 19.1. The zero-order valence-electron chi connectivity index (χ0n) is 17.1. The largest absolute Gasteiger partial charge is 0.353 e. The molecule has 0 spiro atoms. The second-order valence-corrected chi connectivity index (χ2v) is 8.45. The predicted octanol–water partition coefficient (Wildman–Crippen LogP) is 4.24. The molecular formula is C24H28FN3O2. The minimum absolute atomic E-state index is 0.0611. The number of halogens is 1. The van der Waals surface area contributed by atoms with E-state index in [1.807, 2.05) is 0 Å². The molecule has 2 aliphatic rings. The molecule has 1 aromatic carbocycles.